The van der Waals surface area contributed by atoms with E-state index in [0.29, 0.717) is 33.0 Å². The lowest BCUT2D eigenvalue weighted by Crippen LogP contribution is -2.19. The Morgan fingerprint density at radius 3 is 2.64 bits per heavy atom. The molecule has 0 atom stereocenters. The summed E-state index contributed by atoms with van der Waals surface area (Å²) in [5, 5.41) is 1.37. The Morgan fingerprint density at radius 2 is 1.88 bits per heavy atom. The van der Waals surface area contributed by atoms with Crippen molar-refractivity contribution in [3.05, 3.63) is 61.8 Å². The predicted molar refractivity (Wildman–Crippen MR) is 103 cm³/mol. The first-order chi connectivity index (χ1) is 12.0. The Bertz CT molecular complexity index is 1010. The van der Waals surface area contributed by atoms with Crippen LogP contribution >= 0.6 is 46.1 Å². The van der Waals surface area contributed by atoms with Crippen LogP contribution < -0.4 is 4.80 Å². The highest BCUT2D eigenvalue weighted by atomic mass is 35.5. The van der Waals surface area contributed by atoms with E-state index >= 15 is 0 Å². The average Bonchev–Trinajstić information content (AvgIpc) is 2.91. The molecular weight excluding hydrogens is 403 g/mol. The Hall–Kier alpha value is -1.37. The molecule has 0 saturated heterocycles. The van der Waals surface area contributed by atoms with Gasteiger partial charge in [0.15, 0.2) is 4.80 Å². The van der Waals surface area contributed by atoms with Crippen molar-refractivity contribution in [3.8, 4) is 0 Å². The Morgan fingerprint density at radius 1 is 1.16 bits per heavy atom. The van der Waals surface area contributed by atoms with Crippen LogP contribution in [0.5, 0.6) is 0 Å². The minimum Gasteiger partial charge on any atom is -0.383 e. The minimum absolute atomic E-state index is 0.267. The number of methoxy groups -OCH3 is 1. The highest BCUT2D eigenvalue weighted by Crippen LogP contribution is 2.23. The number of carbonyl (C=O) groups excluding carboxylic acids is 1. The van der Waals surface area contributed by atoms with Crippen LogP contribution in [0, 0.1) is 0 Å². The van der Waals surface area contributed by atoms with Gasteiger partial charge in [-0.2, -0.15) is 4.99 Å². The highest BCUT2D eigenvalue weighted by Gasteiger charge is 2.13. The SMILES string of the molecule is COCCn1c(=NC(=O)c2cc(Cl)ccc2Cl)sc2cc(Cl)ccc21. The van der Waals surface area contributed by atoms with Gasteiger partial charge < -0.3 is 9.30 Å². The normalized spacial score (nSPS) is 12.1. The molecule has 0 aliphatic heterocycles. The summed E-state index contributed by atoms with van der Waals surface area (Å²) in [6, 6.07) is 10.3. The number of rotatable bonds is 4. The Labute approximate surface area is 163 Å². The summed E-state index contributed by atoms with van der Waals surface area (Å²) in [7, 11) is 1.62. The van der Waals surface area contributed by atoms with E-state index in [4.69, 9.17) is 39.5 Å². The lowest BCUT2D eigenvalue weighted by molar-refractivity contribution is 0.0997. The molecule has 8 heteroatoms. The fourth-order valence-corrected chi connectivity index (χ4v) is 4.04. The number of halogens is 3. The maximum absolute atomic E-state index is 12.6. The highest BCUT2D eigenvalue weighted by molar-refractivity contribution is 7.16. The number of carbonyl (C=O) groups is 1. The van der Waals surface area contributed by atoms with Gasteiger partial charge in [-0.05, 0) is 36.4 Å². The van der Waals surface area contributed by atoms with Gasteiger partial charge in [-0.3, -0.25) is 4.79 Å². The molecule has 25 heavy (non-hydrogen) atoms. The summed E-state index contributed by atoms with van der Waals surface area (Å²) in [6.07, 6.45) is 0. The van der Waals surface area contributed by atoms with Gasteiger partial charge in [0, 0.05) is 23.7 Å². The van der Waals surface area contributed by atoms with Crippen molar-refractivity contribution >= 4 is 62.3 Å². The van der Waals surface area contributed by atoms with Gasteiger partial charge in [-0.25, -0.2) is 0 Å². The predicted octanol–water partition coefficient (Wildman–Crippen LogP) is 5.05. The van der Waals surface area contributed by atoms with E-state index in [0.717, 1.165) is 10.2 Å². The number of benzene rings is 2. The minimum atomic E-state index is -0.448. The Balaban J connectivity index is 2.14. The lowest BCUT2D eigenvalue weighted by atomic mass is 10.2. The molecule has 130 valence electrons. The van der Waals surface area contributed by atoms with Crippen LogP contribution in [-0.4, -0.2) is 24.2 Å². The van der Waals surface area contributed by atoms with E-state index in [1.807, 2.05) is 16.7 Å². The van der Waals surface area contributed by atoms with E-state index in [-0.39, 0.29) is 5.56 Å². The van der Waals surface area contributed by atoms with E-state index in [1.165, 1.54) is 17.4 Å². The van der Waals surface area contributed by atoms with Gasteiger partial charge in [0.25, 0.3) is 5.91 Å². The first-order valence-corrected chi connectivity index (χ1v) is 9.26. The van der Waals surface area contributed by atoms with Crippen LogP contribution in [0.15, 0.2) is 41.4 Å². The molecule has 4 nitrogen and oxygen atoms in total. The third-order valence-corrected chi connectivity index (χ3v) is 5.36. The maximum Gasteiger partial charge on any atom is 0.281 e. The second-order valence-corrected chi connectivity index (χ2v) is 7.47. The van der Waals surface area contributed by atoms with Gasteiger partial charge in [0.05, 0.1) is 27.4 Å². The first-order valence-electron chi connectivity index (χ1n) is 7.31. The number of hydrogen-bond donors (Lipinski definition) is 0. The molecule has 0 saturated carbocycles. The topological polar surface area (TPSA) is 43.6 Å². The second kappa shape index (κ2) is 7.89. The molecule has 0 bridgehead atoms. The third kappa shape index (κ3) is 4.07. The van der Waals surface area contributed by atoms with Crippen LogP contribution in [-0.2, 0) is 11.3 Å². The molecule has 0 aliphatic rings. The molecule has 0 radical (unpaired) electrons. The maximum atomic E-state index is 12.6. The fraction of sp³-hybridized carbons (Fsp3) is 0.176. The van der Waals surface area contributed by atoms with Crippen LogP contribution in [0.3, 0.4) is 0 Å². The van der Waals surface area contributed by atoms with E-state index < -0.39 is 5.91 Å². The summed E-state index contributed by atoms with van der Waals surface area (Å²) in [4.78, 5) is 17.4. The van der Waals surface area contributed by atoms with Crippen molar-refractivity contribution in [3.63, 3.8) is 0 Å². The van der Waals surface area contributed by atoms with Gasteiger partial charge in [-0.1, -0.05) is 46.1 Å². The lowest BCUT2D eigenvalue weighted by Gasteiger charge is -2.04. The van der Waals surface area contributed by atoms with Crippen molar-refractivity contribution in [2.45, 2.75) is 6.54 Å². The number of hydrogen-bond acceptors (Lipinski definition) is 3. The third-order valence-electron chi connectivity index (χ3n) is 3.52. The number of nitrogens with zero attached hydrogens (tertiary/aromatic N) is 2. The summed E-state index contributed by atoms with van der Waals surface area (Å²) in [6.45, 7) is 1.06. The second-order valence-electron chi connectivity index (χ2n) is 5.18. The zero-order chi connectivity index (χ0) is 18.0. The molecule has 2 aromatic carbocycles. The summed E-state index contributed by atoms with van der Waals surface area (Å²) in [5.74, 6) is -0.448. The van der Waals surface area contributed by atoms with Crippen molar-refractivity contribution in [2.75, 3.05) is 13.7 Å². The molecule has 0 fully saturated rings. The van der Waals surface area contributed by atoms with E-state index in [1.54, 1.807) is 25.3 Å². The van der Waals surface area contributed by atoms with Crippen molar-refractivity contribution in [1.82, 2.24) is 4.57 Å². The summed E-state index contributed by atoms with van der Waals surface area (Å²) in [5.41, 5.74) is 1.21. The summed E-state index contributed by atoms with van der Waals surface area (Å²) >= 11 is 19.5. The van der Waals surface area contributed by atoms with Crippen LogP contribution in [0.1, 0.15) is 10.4 Å². The molecule has 1 heterocycles. The van der Waals surface area contributed by atoms with Crippen LogP contribution in [0.25, 0.3) is 10.2 Å². The zero-order valence-corrected chi connectivity index (χ0v) is 16.2. The van der Waals surface area contributed by atoms with Gasteiger partial charge >= 0.3 is 0 Å². The molecule has 3 rings (SSSR count). The van der Waals surface area contributed by atoms with Crippen LogP contribution in [0.4, 0.5) is 0 Å². The largest absolute Gasteiger partial charge is 0.383 e. The molecule has 0 aliphatic carbocycles. The molecule has 1 aromatic heterocycles. The first kappa shape index (κ1) is 18.4. The fourth-order valence-electron chi connectivity index (χ4n) is 2.34. The standard InChI is InChI=1S/C17H13Cl3N2O2S/c1-24-7-6-22-14-5-3-11(19)9-15(14)25-17(22)21-16(23)12-8-10(18)2-4-13(12)20/h2-5,8-9H,6-7H2,1H3. The molecular formula is C17H13Cl3N2O2S. The number of fused-ring (bicyclic) bond motifs is 1. The quantitative estimate of drug-likeness (QED) is 0.598. The van der Waals surface area contributed by atoms with Gasteiger partial charge in [0.2, 0.25) is 0 Å². The van der Waals surface area contributed by atoms with E-state index in [2.05, 4.69) is 4.99 Å². The molecule has 1 amide bonds. The smallest absolute Gasteiger partial charge is 0.281 e. The number of thiazole rings is 1. The molecule has 0 N–H and O–H groups in total. The summed E-state index contributed by atoms with van der Waals surface area (Å²) < 4.78 is 8.02. The zero-order valence-electron chi connectivity index (χ0n) is 13.1. The molecule has 3 aromatic rings. The Kier molecular flexibility index (Phi) is 5.81. The van der Waals surface area contributed by atoms with Crippen molar-refractivity contribution in [1.29, 1.82) is 0 Å². The van der Waals surface area contributed by atoms with Gasteiger partial charge in [0.1, 0.15) is 0 Å². The van der Waals surface area contributed by atoms with Crippen molar-refractivity contribution in [2.24, 2.45) is 4.99 Å². The molecule has 0 unspecified atom stereocenters. The van der Waals surface area contributed by atoms with Crippen molar-refractivity contribution < 1.29 is 9.53 Å². The molecule has 0 spiro atoms. The number of ether oxygens (including phenoxy) is 1. The monoisotopic (exact) mass is 414 g/mol. The average molecular weight is 416 g/mol. The van der Waals surface area contributed by atoms with Gasteiger partial charge in [-0.15, -0.1) is 0 Å². The van der Waals surface area contributed by atoms with Crippen LogP contribution in [0.2, 0.25) is 15.1 Å². The number of aromatic nitrogens is 1. The van der Waals surface area contributed by atoms with E-state index in [9.17, 15) is 4.79 Å². The number of amides is 1.